The molecular weight excluding hydrogens is 306 g/mol. The molecule has 4 heteroatoms. The van der Waals surface area contributed by atoms with Crippen LogP contribution in [0.2, 0.25) is 0 Å². The fourth-order valence-electron chi connectivity index (χ4n) is 1.70. The Balaban J connectivity index is 2.81. The van der Waals surface area contributed by atoms with E-state index in [1.807, 2.05) is 19.1 Å². The Kier molecular flexibility index (Phi) is 6.75. The van der Waals surface area contributed by atoms with Gasteiger partial charge < -0.3 is 14.8 Å². The van der Waals surface area contributed by atoms with Crippen molar-refractivity contribution in [2.75, 3.05) is 13.7 Å². The summed E-state index contributed by atoms with van der Waals surface area (Å²) >= 11 is 3.51. The fourth-order valence-corrected chi connectivity index (χ4v) is 2.30. The summed E-state index contributed by atoms with van der Waals surface area (Å²) in [4.78, 5) is 0. The molecule has 1 rings (SSSR count). The smallest absolute Gasteiger partial charge is 0.175 e. The number of rotatable bonds is 7. The normalized spacial score (nSPS) is 11.7. The van der Waals surface area contributed by atoms with Crippen molar-refractivity contribution < 1.29 is 9.47 Å². The number of hydrogen-bond acceptors (Lipinski definition) is 3. The Bertz CT molecular complexity index is 454. The van der Waals surface area contributed by atoms with Crippen molar-refractivity contribution >= 4 is 15.9 Å². The van der Waals surface area contributed by atoms with Crippen molar-refractivity contribution in [2.24, 2.45) is 0 Å². The predicted octanol–water partition coefficient (Wildman–Crippen LogP) is 3.36. The molecule has 0 saturated carbocycles. The number of benzene rings is 1. The Morgan fingerprint density at radius 1 is 1.47 bits per heavy atom. The van der Waals surface area contributed by atoms with Crippen molar-refractivity contribution in [2.45, 2.75) is 32.9 Å². The summed E-state index contributed by atoms with van der Waals surface area (Å²) in [6.45, 7) is 5.36. The first-order valence-corrected chi connectivity index (χ1v) is 7.07. The predicted molar refractivity (Wildman–Crippen MR) is 81.6 cm³/mol. The highest BCUT2D eigenvalue weighted by Crippen LogP contribution is 2.36. The van der Waals surface area contributed by atoms with E-state index in [4.69, 9.17) is 15.9 Å². The lowest BCUT2D eigenvalue weighted by Crippen LogP contribution is -2.24. The number of nitrogens with one attached hydrogen (secondary N) is 1. The molecule has 0 amide bonds. The quantitative estimate of drug-likeness (QED) is 0.780. The van der Waals surface area contributed by atoms with Crippen LogP contribution >= 0.6 is 15.9 Å². The summed E-state index contributed by atoms with van der Waals surface area (Å²) in [5, 5.41) is 3.37. The zero-order chi connectivity index (χ0) is 14.3. The van der Waals surface area contributed by atoms with Gasteiger partial charge in [0.25, 0.3) is 0 Å². The van der Waals surface area contributed by atoms with E-state index >= 15 is 0 Å². The second-order valence-electron chi connectivity index (χ2n) is 4.23. The molecule has 1 aromatic rings. The first kappa shape index (κ1) is 15.9. The zero-order valence-corrected chi connectivity index (χ0v) is 13.2. The summed E-state index contributed by atoms with van der Waals surface area (Å²) in [6.07, 6.45) is 6.00. The largest absolute Gasteiger partial charge is 0.493 e. The molecule has 1 aromatic carbocycles. The highest BCUT2D eigenvalue weighted by molar-refractivity contribution is 9.10. The Morgan fingerprint density at radius 2 is 2.21 bits per heavy atom. The van der Waals surface area contributed by atoms with E-state index < -0.39 is 0 Å². The van der Waals surface area contributed by atoms with Crippen molar-refractivity contribution in [3.8, 4) is 23.8 Å². The highest BCUT2D eigenvalue weighted by Gasteiger charge is 2.11. The summed E-state index contributed by atoms with van der Waals surface area (Å²) < 4.78 is 11.8. The first-order chi connectivity index (χ1) is 9.12. The van der Waals surface area contributed by atoms with Crippen LogP contribution in [-0.4, -0.2) is 19.8 Å². The van der Waals surface area contributed by atoms with Crippen molar-refractivity contribution in [1.82, 2.24) is 5.32 Å². The van der Waals surface area contributed by atoms with Gasteiger partial charge in [0.1, 0.15) is 0 Å². The maximum absolute atomic E-state index is 5.56. The van der Waals surface area contributed by atoms with Gasteiger partial charge in [-0.15, -0.1) is 12.3 Å². The summed E-state index contributed by atoms with van der Waals surface area (Å²) in [7, 11) is 1.64. The third-order valence-electron chi connectivity index (χ3n) is 2.66. The molecule has 3 nitrogen and oxygen atoms in total. The molecule has 0 aliphatic heterocycles. The van der Waals surface area contributed by atoms with Gasteiger partial charge in [0.2, 0.25) is 0 Å². The maximum atomic E-state index is 5.56. The lowest BCUT2D eigenvalue weighted by Gasteiger charge is -2.15. The van der Waals surface area contributed by atoms with Crippen LogP contribution in [0.3, 0.4) is 0 Å². The van der Waals surface area contributed by atoms with Crippen LogP contribution in [0, 0.1) is 12.3 Å². The molecule has 0 radical (unpaired) electrons. The molecule has 1 atom stereocenters. The molecule has 0 aromatic heterocycles. The van der Waals surface area contributed by atoms with Crippen LogP contribution in [0.5, 0.6) is 11.5 Å². The molecule has 0 aliphatic carbocycles. The van der Waals surface area contributed by atoms with Crippen LogP contribution in [0.4, 0.5) is 0 Å². The Hall–Kier alpha value is -1.18. The van der Waals surface area contributed by atoms with E-state index in [0.29, 0.717) is 12.6 Å². The third kappa shape index (κ3) is 4.77. The van der Waals surface area contributed by atoms with Gasteiger partial charge in [-0.2, -0.15) is 0 Å². The van der Waals surface area contributed by atoms with Crippen LogP contribution in [-0.2, 0) is 6.54 Å². The van der Waals surface area contributed by atoms with E-state index in [0.717, 1.165) is 34.5 Å². The summed E-state index contributed by atoms with van der Waals surface area (Å²) in [6, 6.07) is 4.30. The molecular formula is C15H20BrNO2. The molecule has 1 N–H and O–H groups in total. The van der Waals surface area contributed by atoms with Crippen LogP contribution in [0.15, 0.2) is 16.6 Å². The SMILES string of the molecule is C#CCC(C)NCc1cc(Br)c(OCC)c(OC)c1. The maximum Gasteiger partial charge on any atom is 0.175 e. The van der Waals surface area contributed by atoms with E-state index in [1.54, 1.807) is 7.11 Å². The molecule has 0 aliphatic rings. The van der Waals surface area contributed by atoms with Crippen molar-refractivity contribution in [1.29, 1.82) is 0 Å². The minimum atomic E-state index is 0.293. The van der Waals surface area contributed by atoms with Gasteiger partial charge in [-0.1, -0.05) is 0 Å². The van der Waals surface area contributed by atoms with Gasteiger partial charge in [-0.25, -0.2) is 0 Å². The minimum absolute atomic E-state index is 0.293. The van der Waals surface area contributed by atoms with Gasteiger partial charge in [-0.05, 0) is 47.5 Å². The molecule has 104 valence electrons. The van der Waals surface area contributed by atoms with Crippen LogP contribution in [0.1, 0.15) is 25.8 Å². The number of terminal acetylenes is 1. The average molecular weight is 326 g/mol. The van der Waals surface area contributed by atoms with Crippen LogP contribution < -0.4 is 14.8 Å². The monoisotopic (exact) mass is 325 g/mol. The Morgan fingerprint density at radius 3 is 2.79 bits per heavy atom. The van der Waals surface area contributed by atoms with Gasteiger partial charge in [0.05, 0.1) is 18.2 Å². The molecule has 1 unspecified atom stereocenters. The molecule has 0 heterocycles. The minimum Gasteiger partial charge on any atom is -0.493 e. The average Bonchev–Trinajstić information content (AvgIpc) is 2.39. The number of hydrogen-bond donors (Lipinski definition) is 1. The molecule has 19 heavy (non-hydrogen) atoms. The topological polar surface area (TPSA) is 30.5 Å². The molecule has 0 fully saturated rings. The lowest BCUT2D eigenvalue weighted by molar-refractivity contribution is 0.308. The highest BCUT2D eigenvalue weighted by atomic mass is 79.9. The van der Waals surface area contributed by atoms with E-state index in [1.165, 1.54) is 0 Å². The fraction of sp³-hybridized carbons (Fsp3) is 0.467. The molecule has 0 spiro atoms. The number of halogens is 1. The zero-order valence-electron chi connectivity index (χ0n) is 11.6. The summed E-state index contributed by atoms with van der Waals surface area (Å²) in [5.74, 6) is 4.12. The Labute approximate surface area is 123 Å². The second-order valence-corrected chi connectivity index (χ2v) is 5.09. The number of methoxy groups -OCH3 is 1. The lowest BCUT2D eigenvalue weighted by atomic mass is 10.1. The first-order valence-electron chi connectivity index (χ1n) is 6.28. The van der Waals surface area contributed by atoms with Gasteiger partial charge in [0.15, 0.2) is 11.5 Å². The van der Waals surface area contributed by atoms with E-state index in [2.05, 4.69) is 34.1 Å². The third-order valence-corrected chi connectivity index (χ3v) is 3.25. The van der Waals surface area contributed by atoms with Gasteiger partial charge in [-0.3, -0.25) is 0 Å². The summed E-state index contributed by atoms with van der Waals surface area (Å²) in [5.41, 5.74) is 1.12. The number of ether oxygens (including phenoxy) is 2. The van der Waals surface area contributed by atoms with Gasteiger partial charge >= 0.3 is 0 Å². The van der Waals surface area contributed by atoms with Gasteiger partial charge in [0, 0.05) is 19.0 Å². The standard InChI is InChI=1S/C15H20BrNO2/c1-5-7-11(3)17-10-12-8-13(16)15(19-6-2)14(9-12)18-4/h1,8-9,11,17H,6-7,10H2,2-4H3. The van der Waals surface area contributed by atoms with Crippen molar-refractivity contribution in [3.05, 3.63) is 22.2 Å². The van der Waals surface area contributed by atoms with Crippen molar-refractivity contribution in [3.63, 3.8) is 0 Å². The van der Waals surface area contributed by atoms with E-state index in [9.17, 15) is 0 Å². The van der Waals surface area contributed by atoms with E-state index in [-0.39, 0.29) is 0 Å². The molecule has 0 saturated heterocycles. The second kappa shape index (κ2) is 8.08. The molecule has 0 bridgehead atoms. The van der Waals surface area contributed by atoms with Crippen LogP contribution in [0.25, 0.3) is 0 Å².